The van der Waals surface area contributed by atoms with Crippen LogP contribution in [0.15, 0.2) is 0 Å². The third kappa shape index (κ3) is 4.94. The van der Waals surface area contributed by atoms with Gasteiger partial charge in [0, 0.05) is 13.2 Å². The molecule has 2 N–H and O–H groups in total. The third-order valence-electron chi connectivity index (χ3n) is 3.04. The van der Waals surface area contributed by atoms with Crippen molar-refractivity contribution in [3.63, 3.8) is 0 Å². The van der Waals surface area contributed by atoms with E-state index < -0.39 is 0 Å². The summed E-state index contributed by atoms with van der Waals surface area (Å²) < 4.78 is 0. The Labute approximate surface area is 98.0 Å². The van der Waals surface area contributed by atoms with Crippen LogP contribution in [0.1, 0.15) is 26.7 Å². The monoisotopic (exact) mass is 228 g/mol. The summed E-state index contributed by atoms with van der Waals surface area (Å²) in [7, 11) is 0. The lowest BCUT2D eigenvalue weighted by Crippen LogP contribution is -2.42. The van der Waals surface area contributed by atoms with Gasteiger partial charge in [0.25, 0.3) is 0 Å². The molecule has 4 heteroatoms. The van der Waals surface area contributed by atoms with Crippen LogP contribution in [0.3, 0.4) is 0 Å². The molecule has 1 aliphatic heterocycles. The van der Waals surface area contributed by atoms with Gasteiger partial charge in [0.1, 0.15) is 0 Å². The first-order valence-electron chi connectivity index (χ1n) is 6.21. The van der Waals surface area contributed by atoms with E-state index in [9.17, 15) is 4.79 Å². The van der Waals surface area contributed by atoms with Crippen LogP contribution in [0, 0.1) is 11.8 Å². The molecule has 0 atom stereocenters. The van der Waals surface area contributed by atoms with E-state index in [0.717, 1.165) is 32.5 Å². The molecule has 0 spiro atoms. The predicted molar refractivity (Wildman–Crippen MR) is 64.1 cm³/mol. The molecule has 0 saturated carbocycles. The van der Waals surface area contributed by atoms with Gasteiger partial charge < -0.3 is 10.4 Å². The van der Waals surface area contributed by atoms with Crippen LogP contribution in [0.4, 0.5) is 0 Å². The zero-order valence-corrected chi connectivity index (χ0v) is 10.4. The van der Waals surface area contributed by atoms with E-state index in [1.165, 1.54) is 0 Å². The topological polar surface area (TPSA) is 52.6 Å². The number of hydrogen-bond acceptors (Lipinski definition) is 3. The van der Waals surface area contributed by atoms with Crippen molar-refractivity contribution in [3.8, 4) is 0 Å². The highest BCUT2D eigenvalue weighted by atomic mass is 16.3. The molecule has 1 saturated heterocycles. The molecule has 0 aromatic rings. The lowest BCUT2D eigenvalue weighted by Gasteiger charge is -2.30. The second-order valence-corrected chi connectivity index (χ2v) is 5.10. The van der Waals surface area contributed by atoms with E-state index in [2.05, 4.69) is 24.1 Å². The summed E-state index contributed by atoms with van der Waals surface area (Å²) in [5.74, 6) is 1.06. The average molecular weight is 228 g/mol. The molecule has 1 fully saturated rings. The first kappa shape index (κ1) is 13.5. The van der Waals surface area contributed by atoms with Crippen LogP contribution >= 0.6 is 0 Å². The van der Waals surface area contributed by atoms with E-state index in [0.29, 0.717) is 18.4 Å². The maximum Gasteiger partial charge on any atom is 0.234 e. The largest absolute Gasteiger partial charge is 0.396 e. The van der Waals surface area contributed by atoms with E-state index in [1.54, 1.807) is 0 Å². The van der Waals surface area contributed by atoms with Crippen LogP contribution < -0.4 is 5.32 Å². The van der Waals surface area contributed by atoms with Gasteiger partial charge in [-0.25, -0.2) is 0 Å². The quantitative estimate of drug-likeness (QED) is 0.719. The molecule has 0 aromatic heterocycles. The van der Waals surface area contributed by atoms with Gasteiger partial charge in [0.15, 0.2) is 0 Å². The Morgan fingerprint density at radius 3 is 2.56 bits per heavy atom. The summed E-state index contributed by atoms with van der Waals surface area (Å²) in [6.45, 7) is 7.59. The molecule has 0 radical (unpaired) electrons. The van der Waals surface area contributed by atoms with Crippen LogP contribution in [0.2, 0.25) is 0 Å². The molecule has 0 unspecified atom stereocenters. The Kier molecular flexibility index (Phi) is 5.77. The molecule has 1 rings (SSSR count). The normalized spacial score (nSPS) is 19.0. The maximum absolute atomic E-state index is 11.6. The van der Waals surface area contributed by atoms with E-state index >= 15 is 0 Å². The molecule has 16 heavy (non-hydrogen) atoms. The fraction of sp³-hybridized carbons (Fsp3) is 0.917. The SMILES string of the molecule is CC(C)CNC(=O)CN1CCC(CO)CC1. The van der Waals surface area contributed by atoms with Crippen LogP contribution in [-0.4, -0.2) is 48.7 Å². The Bertz CT molecular complexity index is 211. The highest BCUT2D eigenvalue weighted by molar-refractivity contribution is 5.77. The first-order valence-corrected chi connectivity index (χ1v) is 6.21. The molecular formula is C12H24N2O2. The first-order chi connectivity index (χ1) is 7.61. The molecule has 4 nitrogen and oxygen atoms in total. The number of rotatable bonds is 5. The van der Waals surface area contributed by atoms with Crippen molar-refractivity contribution in [1.82, 2.24) is 10.2 Å². The summed E-state index contributed by atoms with van der Waals surface area (Å²) in [6.07, 6.45) is 2.02. The second-order valence-electron chi connectivity index (χ2n) is 5.10. The van der Waals surface area contributed by atoms with Crippen molar-refractivity contribution in [2.24, 2.45) is 11.8 Å². The van der Waals surface area contributed by atoms with E-state index in [4.69, 9.17) is 5.11 Å². The van der Waals surface area contributed by atoms with Crippen LogP contribution in [0.5, 0.6) is 0 Å². The van der Waals surface area contributed by atoms with Gasteiger partial charge in [-0.2, -0.15) is 0 Å². The third-order valence-corrected chi connectivity index (χ3v) is 3.04. The van der Waals surface area contributed by atoms with Crippen molar-refractivity contribution in [1.29, 1.82) is 0 Å². The standard InChI is InChI=1S/C12H24N2O2/c1-10(2)7-13-12(16)8-14-5-3-11(9-15)4-6-14/h10-11,15H,3-9H2,1-2H3,(H,13,16). The van der Waals surface area contributed by atoms with Gasteiger partial charge in [-0.05, 0) is 37.8 Å². The minimum Gasteiger partial charge on any atom is -0.396 e. The van der Waals surface area contributed by atoms with Gasteiger partial charge in [-0.1, -0.05) is 13.8 Å². The molecule has 94 valence electrons. The van der Waals surface area contributed by atoms with Crippen LogP contribution in [0.25, 0.3) is 0 Å². The summed E-state index contributed by atoms with van der Waals surface area (Å²) in [6, 6.07) is 0. The Morgan fingerprint density at radius 2 is 2.06 bits per heavy atom. The summed E-state index contributed by atoms with van der Waals surface area (Å²) >= 11 is 0. The predicted octanol–water partition coefficient (Wildman–Crippen LogP) is 0.463. The van der Waals surface area contributed by atoms with Gasteiger partial charge in [-0.3, -0.25) is 9.69 Å². The Balaban J connectivity index is 2.15. The number of amides is 1. The van der Waals surface area contributed by atoms with E-state index in [1.807, 2.05) is 0 Å². The highest BCUT2D eigenvalue weighted by Crippen LogP contribution is 2.15. The van der Waals surface area contributed by atoms with Crippen molar-refractivity contribution >= 4 is 5.91 Å². The molecular weight excluding hydrogens is 204 g/mol. The van der Waals surface area contributed by atoms with Gasteiger partial charge in [-0.15, -0.1) is 0 Å². The number of hydrogen-bond donors (Lipinski definition) is 2. The molecule has 0 aromatic carbocycles. The second kappa shape index (κ2) is 6.86. The molecule has 0 bridgehead atoms. The zero-order chi connectivity index (χ0) is 12.0. The molecule has 0 aliphatic carbocycles. The smallest absolute Gasteiger partial charge is 0.234 e. The Hall–Kier alpha value is -0.610. The van der Waals surface area contributed by atoms with Crippen molar-refractivity contribution < 1.29 is 9.90 Å². The number of aliphatic hydroxyl groups is 1. The summed E-state index contributed by atoms with van der Waals surface area (Å²) in [5.41, 5.74) is 0. The summed E-state index contributed by atoms with van der Waals surface area (Å²) in [4.78, 5) is 13.7. The Morgan fingerprint density at radius 1 is 1.44 bits per heavy atom. The van der Waals surface area contributed by atoms with Gasteiger partial charge >= 0.3 is 0 Å². The molecule has 1 heterocycles. The van der Waals surface area contributed by atoms with Crippen LogP contribution in [-0.2, 0) is 4.79 Å². The number of nitrogens with one attached hydrogen (secondary N) is 1. The zero-order valence-electron chi connectivity index (χ0n) is 10.4. The average Bonchev–Trinajstić information content (AvgIpc) is 2.27. The molecule has 1 aliphatic rings. The lowest BCUT2D eigenvalue weighted by atomic mass is 9.98. The fourth-order valence-corrected chi connectivity index (χ4v) is 1.90. The number of carbonyl (C=O) groups excluding carboxylic acids is 1. The minimum atomic E-state index is 0.121. The number of aliphatic hydroxyl groups excluding tert-OH is 1. The maximum atomic E-state index is 11.6. The minimum absolute atomic E-state index is 0.121. The lowest BCUT2D eigenvalue weighted by molar-refractivity contribution is -0.122. The number of likely N-dealkylation sites (tertiary alicyclic amines) is 1. The molecule has 1 amide bonds. The van der Waals surface area contributed by atoms with Gasteiger partial charge in [0.2, 0.25) is 5.91 Å². The van der Waals surface area contributed by atoms with Crippen molar-refractivity contribution in [2.45, 2.75) is 26.7 Å². The summed E-state index contributed by atoms with van der Waals surface area (Å²) in [5, 5.41) is 11.9. The number of nitrogens with zero attached hydrogens (tertiary/aromatic N) is 1. The van der Waals surface area contributed by atoms with Crippen molar-refractivity contribution in [2.75, 3.05) is 32.8 Å². The van der Waals surface area contributed by atoms with Gasteiger partial charge in [0.05, 0.1) is 6.54 Å². The van der Waals surface area contributed by atoms with Crippen molar-refractivity contribution in [3.05, 3.63) is 0 Å². The number of piperidine rings is 1. The number of carbonyl (C=O) groups is 1. The highest BCUT2D eigenvalue weighted by Gasteiger charge is 2.19. The van der Waals surface area contributed by atoms with E-state index in [-0.39, 0.29) is 12.5 Å². The fourth-order valence-electron chi connectivity index (χ4n) is 1.90.